The summed E-state index contributed by atoms with van der Waals surface area (Å²) in [7, 11) is 1.67. The summed E-state index contributed by atoms with van der Waals surface area (Å²) < 4.78 is 11.1. The maximum Gasteiger partial charge on any atom is 0.161 e. The van der Waals surface area contributed by atoms with Crippen molar-refractivity contribution in [3.8, 4) is 11.5 Å². The normalized spacial score (nSPS) is 10.3. The van der Waals surface area contributed by atoms with Crippen LogP contribution in [0.3, 0.4) is 0 Å². The van der Waals surface area contributed by atoms with Gasteiger partial charge in [-0.2, -0.15) is 0 Å². The van der Waals surface area contributed by atoms with Crippen molar-refractivity contribution in [3.05, 3.63) is 45.6 Å². The summed E-state index contributed by atoms with van der Waals surface area (Å²) in [5.74, 6) is 1.61. The molecule has 0 atom stereocenters. The minimum absolute atomic E-state index is 0.594. The van der Waals surface area contributed by atoms with Crippen LogP contribution in [0.5, 0.6) is 11.5 Å². The highest BCUT2D eigenvalue weighted by molar-refractivity contribution is 7.09. The molecular weight excluding hydrogens is 232 g/mol. The van der Waals surface area contributed by atoms with Gasteiger partial charge in [0.15, 0.2) is 11.5 Å². The molecule has 90 valence electrons. The fourth-order valence-electron chi connectivity index (χ4n) is 1.58. The van der Waals surface area contributed by atoms with Gasteiger partial charge in [0.1, 0.15) is 6.61 Å². The molecule has 2 aromatic rings. The van der Waals surface area contributed by atoms with E-state index >= 15 is 0 Å². The molecule has 0 radical (unpaired) electrons. The van der Waals surface area contributed by atoms with Crippen LogP contribution in [0.2, 0.25) is 0 Å². The molecule has 3 heteroatoms. The van der Waals surface area contributed by atoms with E-state index in [9.17, 15) is 0 Å². The molecule has 0 aliphatic carbocycles. The van der Waals surface area contributed by atoms with Gasteiger partial charge in [-0.25, -0.2) is 0 Å². The molecule has 0 N–H and O–H groups in total. The molecule has 0 aliphatic rings. The lowest BCUT2D eigenvalue weighted by Crippen LogP contribution is -1.97. The number of methoxy groups -OCH3 is 1. The Hall–Kier alpha value is -1.48. The molecular formula is C14H16O2S. The first kappa shape index (κ1) is 12.0. The second-order valence-electron chi connectivity index (χ2n) is 3.96. The Morgan fingerprint density at radius 2 is 1.82 bits per heavy atom. The standard InChI is InChI=1S/C14H16O2S/c1-10-7-13(15-3)14(8-11(10)2)16-9-12-5-4-6-17-12/h4-8H,9H2,1-3H3. The van der Waals surface area contributed by atoms with Gasteiger partial charge >= 0.3 is 0 Å². The van der Waals surface area contributed by atoms with E-state index in [0.29, 0.717) is 6.61 Å². The summed E-state index contributed by atoms with van der Waals surface area (Å²) >= 11 is 1.70. The number of thiophene rings is 1. The van der Waals surface area contributed by atoms with Crippen LogP contribution in [0.25, 0.3) is 0 Å². The van der Waals surface area contributed by atoms with E-state index in [0.717, 1.165) is 11.5 Å². The summed E-state index contributed by atoms with van der Waals surface area (Å²) in [6, 6.07) is 8.14. The largest absolute Gasteiger partial charge is 0.493 e. The number of ether oxygens (including phenoxy) is 2. The summed E-state index contributed by atoms with van der Waals surface area (Å²) in [6.45, 7) is 4.74. The average molecular weight is 248 g/mol. The van der Waals surface area contributed by atoms with Crippen molar-refractivity contribution in [2.75, 3.05) is 7.11 Å². The van der Waals surface area contributed by atoms with Crippen LogP contribution in [0.15, 0.2) is 29.6 Å². The number of benzene rings is 1. The zero-order valence-electron chi connectivity index (χ0n) is 10.3. The fourth-order valence-corrected chi connectivity index (χ4v) is 2.20. The van der Waals surface area contributed by atoms with E-state index in [1.165, 1.54) is 16.0 Å². The molecule has 0 saturated carbocycles. The summed E-state index contributed by atoms with van der Waals surface area (Å²) in [6.07, 6.45) is 0. The SMILES string of the molecule is COc1cc(C)c(C)cc1OCc1cccs1. The topological polar surface area (TPSA) is 18.5 Å². The van der Waals surface area contributed by atoms with E-state index < -0.39 is 0 Å². The molecule has 2 nitrogen and oxygen atoms in total. The third-order valence-corrected chi connectivity index (χ3v) is 3.58. The molecule has 0 spiro atoms. The van der Waals surface area contributed by atoms with Crippen LogP contribution in [0, 0.1) is 13.8 Å². The molecule has 1 aromatic carbocycles. The van der Waals surface area contributed by atoms with Gasteiger partial charge in [-0.05, 0) is 48.6 Å². The zero-order valence-corrected chi connectivity index (χ0v) is 11.1. The summed E-state index contributed by atoms with van der Waals surface area (Å²) in [5.41, 5.74) is 2.43. The van der Waals surface area contributed by atoms with Crippen molar-refractivity contribution >= 4 is 11.3 Å². The zero-order chi connectivity index (χ0) is 12.3. The van der Waals surface area contributed by atoms with E-state index in [1.807, 2.05) is 18.2 Å². The van der Waals surface area contributed by atoms with Crippen molar-refractivity contribution in [2.45, 2.75) is 20.5 Å². The van der Waals surface area contributed by atoms with Gasteiger partial charge in [-0.3, -0.25) is 0 Å². The second kappa shape index (κ2) is 5.23. The van der Waals surface area contributed by atoms with Crippen molar-refractivity contribution in [2.24, 2.45) is 0 Å². The van der Waals surface area contributed by atoms with Crippen molar-refractivity contribution < 1.29 is 9.47 Å². The first-order chi connectivity index (χ1) is 8.20. The molecule has 0 unspecified atom stereocenters. The van der Waals surface area contributed by atoms with Gasteiger partial charge in [-0.1, -0.05) is 6.07 Å². The molecule has 1 heterocycles. The van der Waals surface area contributed by atoms with Crippen molar-refractivity contribution in [1.29, 1.82) is 0 Å². The Morgan fingerprint density at radius 1 is 1.12 bits per heavy atom. The minimum atomic E-state index is 0.594. The monoisotopic (exact) mass is 248 g/mol. The fraction of sp³-hybridized carbons (Fsp3) is 0.286. The Morgan fingerprint density at radius 3 is 2.41 bits per heavy atom. The third-order valence-electron chi connectivity index (χ3n) is 2.73. The average Bonchev–Trinajstić information content (AvgIpc) is 2.83. The molecule has 0 fully saturated rings. The first-order valence-corrected chi connectivity index (χ1v) is 6.39. The van der Waals surface area contributed by atoms with Crippen molar-refractivity contribution in [1.82, 2.24) is 0 Å². The summed E-state index contributed by atoms with van der Waals surface area (Å²) in [4.78, 5) is 1.21. The highest BCUT2D eigenvalue weighted by atomic mass is 32.1. The van der Waals surface area contributed by atoms with Crippen LogP contribution >= 0.6 is 11.3 Å². The highest BCUT2D eigenvalue weighted by Gasteiger charge is 2.07. The van der Waals surface area contributed by atoms with Gasteiger partial charge in [0.25, 0.3) is 0 Å². The third kappa shape index (κ3) is 2.80. The lowest BCUT2D eigenvalue weighted by atomic mass is 10.1. The summed E-state index contributed by atoms with van der Waals surface area (Å²) in [5, 5.41) is 2.05. The van der Waals surface area contributed by atoms with Gasteiger partial charge in [0, 0.05) is 4.88 Å². The first-order valence-electron chi connectivity index (χ1n) is 5.51. The lowest BCUT2D eigenvalue weighted by Gasteiger charge is -2.12. The smallest absolute Gasteiger partial charge is 0.161 e. The molecule has 0 saturated heterocycles. The van der Waals surface area contributed by atoms with Crippen LogP contribution in [0.1, 0.15) is 16.0 Å². The maximum absolute atomic E-state index is 5.79. The Balaban J connectivity index is 2.17. The molecule has 2 rings (SSSR count). The molecule has 1 aromatic heterocycles. The Kier molecular flexibility index (Phi) is 3.69. The quantitative estimate of drug-likeness (QED) is 0.815. The van der Waals surface area contributed by atoms with E-state index in [4.69, 9.17) is 9.47 Å². The highest BCUT2D eigenvalue weighted by Crippen LogP contribution is 2.31. The van der Waals surface area contributed by atoms with E-state index in [1.54, 1.807) is 18.4 Å². The van der Waals surface area contributed by atoms with Gasteiger partial charge in [-0.15, -0.1) is 11.3 Å². The predicted molar refractivity (Wildman–Crippen MR) is 71.1 cm³/mol. The molecule has 17 heavy (non-hydrogen) atoms. The molecule has 0 amide bonds. The van der Waals surface area contributed by atoms with Gasteiger partial charge < -0.3 is 9.47 Å². The van der Waals surface area contributed by atoms with Crippen LogP contribution in [-0.4, -0.2) is 7.11 Å². The molecule has 0 aliphatic heterocycles. The second-order valence-corrected chi connectivity index (χ2v) is 4.99. The van der Waals surface area contributed by atoms with E-state index in [2.05, 4.69) is 25.3 Å². The number of hydrogen-bond acceptors (Lipinski definition) is 3. The van der Waals surface area contributed by atoms with Crippen LogP contribution < -0.4 is 9.47 Å². The molecule has 0 bridgehead atoms. The maximum atomic E-state index is 5.79. The minimum Gasteiger partial charge on any atom is -0.493 e. The number of rotatable bonds is 4. The Bertz CT molecular complexity index is 489. The van der Waals surface area contributed by atoms with E-state index in [-0.39, 0.29) is 0 Å². The number of hydrogen-bond donors (Lipinski definition) is 0. The van der Waals surface area contributed by atoms with Crippen LogP contribution in [-0.2, 0) is 6.61 Å². The lowest BCUT2D eigenvalue weighted by molar-refractivity contribution is 0.287. The number of aryl methyl sites for hydroxylation is 2. The van der Waals surface area contributed by atoms with Crippen molar-refractivity contribution in [3.63, 3.8) is 0 Å². The predicted octanol–water partition coefficient (Wildman–Crippen LogP) is 3.95. The van der Waals surface area contributed by atoms with Crippen LogP contribution in [0.4, 0.5) is 0 Å². The Labute approximate surface area is 106 Å². The van der Waals surface area contributed by atoms with Gasteiger partial charge in [0.05, 0.1) is 7.11 Å². The van der Waals surface area contributed by atoms with Gasteiger partial charge in [0.2, 0.25) is 0 Å².